The number of aliphatic hydroxyl groups is 1. The lowest BCUT2D eigenvalue weighted by Gasteiger charge is -2.37. The molecule has 1 aromatic carbocycles. The van der Waals surface area contributed by atoms with Crippen molar-refractivity contribution in [1.82, 2.24) is 4.90 Å². The molecule has 3 atom stereocenters. The minimum Gasteiger partial charge on any atom is -0.393 e. The van der Waals surface area contributed by atoms with Crippen molar-refractivity contribution in [3.8, 4) is 0 Å². The maximum Gasteiger partial charge on any atom is 0.418 e. The summed E-state index contributed by atoms with van der Waals surface area (Å²) in [6.45, 7) is 5.23. The van der Waals surface area contributed by atoms with Gasteiger partial charge in [0.15, 0.2) is 0 Å². The van der Waals surface area contributed by atoms with Crippen LogP contribution in [0.4, 0.5) is 18.9 Å². The van der Waals surface area contributed by atoms with Crippen LogP contribution in [0.15, 0.2) is 24.3 Å². The molecule has 0 saturated carbocycles. The van der Waals surface area contributed by atoms with Crippen LogP contribution in [-0.4, -0.2) is 48.3 Å². The smallest absolute Gasteiger partial charge is 0.393 e. The maximum absolute atomic E-state index is 13.2. The van der Waals surface area contributed by atoms with Crippen LogP contribution < -0.4 is 4.90 Å². The van der Waals surface area contributed by atoms with E-state index in [1.807, 2.05) is 4.90 Å². The summed E-state index contributed by atoms with van der Waals surface area (Å²) in [7, 11) is 0. The molecule has 2 saturated heterocycles. The topological polar surface area (TPSA) is 26.7 Å². The van der Waals surface area contributed by atoms with Crippen molar-refractivity contribution < 1.29 is 18.3 Å². The highest BCUT2D eigenvalue weighted by molar-refractivity contribution is 5.55. The fourth-order valence-corrected chi connectivity index (χ4v) is 3.99. The minimum atomic E-state index is -4.31. The minimum absolute atomic E-state index is 0.213. The van der Waals surface area contributed by atoms with Gasteiger partial charge in [-0.3, -0.25) is 0 Å². The third-order valence-corrected chi connectivity index (χ3v) is 5.31. The Balaban J connectivity index is 1.64. The summed E-state index contributed by atoms with van der Waals surface area (Å²) in [4.78, 5) is 4.24. The fourth-order valence-electron chi connectivity index (χ4n) is 3.99. The molecule has 1 aromatic rings. The van der Waals surface area contributed by atoms with Gasteiger partial charge in [0.2, 0.25) is 0 Å². The molecule has 0 aromatic heterocycles. The molecular weight excluding hydrogens is 317 g/mol. The summed E-state index contributed by atoms with van der Waals surface area (Å²) in [5.41, 5.74) is -0.241. The second-order valence-corrected chi connectivity index (χ2v) is 7.14. The molecule has 0 radical (unpaired) electrons. The SMILES string of the molecule is CC1CC(O)CCN1CC1CCN(c2ccccc2C(F)(F)F)C1. The van der Waals surface area contributed by atoms with Crippen molar-refractivity contribution in [2.24, 2.45) is 5.92 Å². The number of benzene rings is 1. The zero-order valence-corrected chi connectivity index (χ0v) is 14.0. The summed E-state index contributed by atoms with van der Waals surface area (Å²) in [5, 5.41) is 9.71. The predicted molar refractivity (Wildman–Crippen MR) is 88.0 cm³/mol. The van der Waals surface area contributed by atoms with Crippen LogP contribution in [0.25, 0.3) is 0 Å². The molecule has 0 bridgehead atoms. The number of nitrogens with zero attached hydrogens (tertiary/aromatic N) is 2. The van der Waals surface area contributed by atoms with E-state index in [0.29, 0.717) is 30.7 Å². The standard InChI is InChI=1S/C18H25F3N2O/c1-13-10-15(24)7-9-22(13)11-14-6-8-23(12-14)17-5-3-2-4-16(17)18(19,20)21/h2-5,13-15,24H,6-12H2,1H3. The van der Waals surface area contributed by atoms with Gasteiger partial charge in [0.1, 0.15) is 0 Å². The van der Waals surface area contributed by atoms with E-state index in [-0.39, 0.29) is 6.10 Å². The van der Waals surface area contributed by atoms with Crippen LogP contribution in [0.2, 0.25) is 0 Å². The van der Waals surface area contributed by atoms with Gasteiger partial charge in [-0.1, -0.05) is 12.1 Å². The van der Waals surface area contributed by atoms with Gasteiger partial charge in [-0.05, 0) is 44.2 Å². The first-order chi connectivity index (χ1) is 11.3. The van der Waals surface area contributed by atoms with E-state index in [4.69, 9.17) is 0 Å². The molecule has 134 valence electrons. The molecule has 3 rings (SSSR count). The Kier molecular flexibility index (Phi) is 5.06. The Labute approximate surface area is 141 Å². The molecule has 0 spiro atoms. The van der Waals surface area contributed by atoms with Gasteiger partial charge in [-0.2, -0.15) is 13.2 Å². The molecule has 2 heterocycles. The number of halogens is 3. The number of aliphatic hydroxyl groups excluding tert-OH is 1. The predicted octanol–water partition coefficient (Wildman–Crippen LogP) is 3.38. The molecule has 0 aliphatic carbocycles. The quantitative estimate of drug-likeness (QED) is 0.912. The van der Waals surface area contributed by atoms with Crippen LogP contribution >= 0.6 is 0 Å². The van der Waals surface area contributed by atoms with Crippen molar-refractivity contribution in [1.29, 1.82) is 0 Å². The number of alkyl halides is 3. The normalized spacial score (nSPS) is 29.2. The zero-order valence-electron chi connectivity index (χ0n) is 14.0. The van der Waals surface area contributed by atoms with Crippen molar-refractivity contribution >= 4 is 5.69 Å². The number of hydrogen-bond donors (Lipinski definition) is 1. The second-order valence-electron chi connectivity index (χ2n) is 7.14. The van der Waals surface area contributed by atoms with Gasteiger partial charge in [0.05, 0.1) is 11.7 Å². The van der Waals surface area contributed by atoms with E-state index in [1.165, 1.54) is 6.07 Å². The van der Waals surface area contributed by atoms with Crippen molar-refractivity contribution in [3.63, 3.8) is 0 Å². The number of rotatable bonds is 3. The van der Waals surface area contributed by atoms with Gasteiger partial charge < -0.3 is 14.9 Å². The second kappa shape index (κ2) is 6.92. The van der Waals surface area contributed by atoms with Crippen LogP contribution in [-0.2, 0) is 6.18 Å². The first-order valence-electron chi connectivity index (χ1n) is 8.68. The lowest BCUT2D eigenvalue weighted by atomic mass is 9.98. The third kappa shape index (κ3) is 3.86. The summed E-state index contributed by atoms with van der Waals surface area (Å²) in [5.74, 6) is 0.379. The van der Waals surface area contributed by atoms with Crippen molar-refractivity contribution in [2.75, 3.05) is 31.1 Å². The molecule has 3 unspecified atom stereocenters. The summed E-state index contributed by atoms with van der Waals surface area (Å²) in [6, 6.07) is 6.19. The van der Waals surface area contributed by atoms with Gasteiger partial charge in [0, 0.05) is 37.9 Å². The Bertz CT molecular complexity index is 563. The number of likely N-dealkylation sites (tertiary alicyclic amines) is 1. The largest absolute Gasteiger partial charge is 0.418 e. The number of anilines is 1. The molecule has 6 heteroatoms. The Morgan fingerprint density at radius 3 is 2.62 bits per heavy atom. The maximum atomic E-state index is 13.2. The highest BCUT2D eigenvalue weighted by Gasteiger charge is 2.36. The highest BCUT2D eigenvalue weighted by Crippen LogP contribution is 2.38. The Morgan fingerprint density at radius 2 is 1.92 bits per heavy atom. The summed E-state index contributed by atoms with van der Waals surface area (Å²) >= 11 is 0. The lowest BCUT2D eigenvalue weighted by molar-refractivity contribution is -0.137. The monoisotopic (exact) mass is 342 g/mol. The third-order valence-electron chi connectivity index (χ3n) is 5.31. The Morgan fingerprint density at radius 1 is 1.17 bits per heavy atom. The molecule has 2 fully saturated rings. The molecule has 2 aliphatic heterocycles. The van der Waals surface area contributed by atoms with Crippen LogP contribution in [0.5, 0.6) is 0 Å². The van der Waals surface area contributed by atoms with Gasteiger partial charge in [-0.25, -0.2) is 0 Å². The first-order valence-corrected chi connectivity index (χ1v) is 8.68. The Hall–Kier alpha value is -1.27. The van der Waals surface area contributed by atoms with Crippen LogP contribution in [0.3, 0.4) is 0 Å². The summed E-state index contributed by atoms with van der Waals surface area (Å²) in [6.07, 6.45) is -2.04. The highest BCUT2D eigenvalue weighted by atomic mass is 19.4. The molecule has 0 amide bonds. The molecule has 24 heavy (non-hydrogen) atoms. The number of piperidine rings is 1. The fraction of sp³-hybridized carbons (Fsp3) is 0.667. The molecule has 2 aliphatic rings. The van der Waals surface area contributed by atoms with Crippen LogP contribution in [0, 0.1) is 5.92 Å². The van der Waals surface area contributed by atoms with E-state index >= 15 is 0 Å². The molecule has 1 N–H and O–H groups in total. The van der Waals surface area contributed by atoms with Crippen molar-refractivity contribution in [2.45, 2.75) is 44.5 Å². The first kappa shape index (κ1) is 17.5. The average molecular weight is 342 g/mol. The van der Waals surface area contributed by atoms with Crippen LogP contribution in [0.1, 0.15) is 31.7 Å². The lowest BCUT2D eigenvalue weighted by Crippen LogP contribution is -2.45. The zero-order chi connectivity index (χ0) is 17.3. The summed E-state index contributed by atoms with van der Waals surface area (Å²) < 4.78 is 39.6. The van der Waals surface area contributed by atoms with Gasteiger partial charge >= 0.3 is 6.18 Å². The van der Waals surface area contributed by atoms with E-state index < -0.39 is 11.7 Å². The number of hydrogen-bond acceptors (Lipinski definition) is 3. The molecule has 3 nitrogen and oxygen atoms in total. The van der Waals surface area contributed by atoms with E-state index in [2.05, 4.69) is 11.8 Å². The average Bonchev–Trinajstić information content (AvgIpc) is 2.98. The number of para-hydroxylation sites is 1. The van der Waals surface area contributed by atoms with E-state index in [1.54, 1.807) is 12.1 Å². The van der Waals surface area contributed by atoms with Crippen molar-refractivity contribution in [3.05, 3.63) is 29.8 Å². The van der Waals surface area contributed by atoms with Gasteiger partial charge in [-0.15, -0.1) is 0 Å². The van der Waals surface area contributed by atoms with E-state index in [0.717, 1.165) is 38.4 Å². The van der Waals surface area contributed by atoms with Gasteiger partial charge in [0.25, 0.3) is 0 Å². The molecular formula is C18H25F3N2O. The van der Waals surface area contributed by atoms with E-state index in [9.17, 15) is 18.3 Å².